The van der Waals surface area contributed by atoms with Crippen LogP contribution in [0.1, 0.15) is 31.2 Å². The summed E-state index contributed by atoms with van der Waals surface area (Å²) >= 11 is 0. The molecule has 29 heavy (non-hydrogen) atoms. The van der Waals surface area contributed by atoms with Gasteiger partial charge in [0.1, 0.15) is 11.1 Å². The first kappa shape index (κ1) is 19.7. The number of fused-ring (bicyclic) bond motifs is 1. The second kappa shape index (κ2) is 8.03. The number of rotatable bonds is 7. The summed E-state index contributed by atoms with van der Waals surface area (Å²) in [6.07, 6.45) is 6.24. The fourth-order valence-corrected chi connectivity index (χ4v) is 5.26. The molecule has 10 heteroatoms. The zero-order chi connectivity index (χ0) is 20.4. The SMILES string of the molecule is COc1cc(Cn2cccn2)cc2onc(NS(=O)(=O)C3CCC(OC)CC3)c12. The molecular formula is C19H24N4O5S. The molecule has 1 aromatic carbocycles. The second-order valence-corrected chi connectivity index (χ2v) is 9.15. The normalized spacial score (nSPS) is 20.1. The van der Waals surface area contributed by atoms with Crippen molar-refractivity contribution in [3.63, 3.8) is 0 Å². The van der Waals surface area contributed by atoms with E-state index in [4.69, 9.17) is 14.0 Å². The molecule has 9 nitrogen and oxygen atoms in total. The van der Waals surface area contributed by atoms with E-state index in [9.17, 15) is 8.42 Å². The van der Waals surface area contributed by atoms with Gasteiger partial charge in [-0.1, -0.05) is 5.16 Å². The van der Waals surface area contributed by atoms with Crippen molar-refractivity contribution < 1.29 is 22.4 Å². The van der Waals surface area contributed by atoms with Crippen LogP contribution in [0, 0.1) is 0 Å². The second-order valence-electron chi connectivity index (χ2n) is 7.19. The summed E-state index contributed by atoms with van der Waals surface area (Å²) in [5, 5.41) is 8.18. The molecule has 0 radical (unpaired) electrons. The van der Waals surface area contributed by atoms with Gasteiger partial charge in [-0.2, -0.15) is 5.10 Å². The quantitative estimate of drug-likeness (QED) is 0.626. The smallest absolute Gasteiger partial charge is 0.236 e. The van der Waals surface area contributed by atoms with Crippen molar-refractivity contribution in [2.75, 3.05) is 18.9 Å². The highest BCUT2D eigenvalue weighted by Crippen LogP contribution is 2.35. The maximum atomic E-state index is 12.9. The van der Waals surface area contributed by atoms with Crippen LogP contribution >= 0.6 is 0 Å². The van der Waals surface area contributed by atoms with E-state index in [-0.39, 0.29) is 11.9 Å². The van der Waals surface area contributed by atoms with E-state index in [1.807, 2.05) is 24.4 Å². The van der Waals surface area contributed by atoms with E-state index in [1.54, 1.807) is 18.0 Å². The van der Waals surface area contributed by atoms with Crippen molar-refractivity contribution >= 4 is 26.8 Å². The molecule has 0 unspecified atom stereocenters. The molecule has 0 spiro atoms. The number of nitrogens with one attached hydrogen (secondary N) is 1. The first-order valence-corrected chi connectivity index (χ1v) is 11.0. The standard InChI is InChI=1S/C19H24N4O5S/c1-26-14-4-6-15(7-5-14)29(24,25)22-19-18-16(27-2)10-13(11-17(18)28-21-19)12-23-9-3-8-20-23/h3,8-11,14-15H,4-7,12H2,1-2H3,(H,21,22). The fourth-order valence-electron chi connectivity index (χ4n) is 3.79. The third-order valence-corrected chi connectivity index (χ3v) is 7.18. The summed E-state index contributed by atoms with van der Waals surface area (Å²) in [6, 6.07) is 5.49. The maximum Gasteiger partial charge on any atom is 0.236 e. The number of nitrogens with zero attached hydrogens (tertiary/aromatic N) is 3. The molecule has 1 aliphatic rings. The van der Waals surface area contributed by atoms with Crippen LogP contribution in [0.3, 0.4) is 0 Å². The van der Waals surface area contributed by atoms with Crippen LogP contribution in [0.5, 0.6) is 5.75 Å². The van der Waals surface area contributed by atoms with Crippen LogP contribution in [-0.4, -0.2) is 48.9 Å². The summed E-state index contributed by atoms with van der Waals surface area (Å²) < 4.78 is 46.4. The van der Waals surface area contributed by atoms with Crippen molar-refractivity contribution in [3.05, 3.63) is 36.2 Å². The predicted molar refractivity (Wildman–Crippen MR) is 107 cm³/mol. The van der Waals surface area contributed by atoms with Crippen molar-refractivity contribution in [1.29, 1.82) is 0 Å². The maximum absolute atomic E-state index is 12.9. The van der Waals surface area contributed by atoms with Gasteiger partial charge in [0.2, 0.25) is 10.0 Å². The van der Waals surface area contributed by atoms with Crippen molar-refractivity contribution in [3.8, 4) is 5.75 Å². The molecule has 0 saturated heterocycles. The first-order valence-electron chi connectivity index (χ1n) is 9.48. The lowest BCUT2D eigenvalue weighted by molar-refractivity contribution is 0.0717. The lowest BCUT2D eigenvalue weighted by atomic mass is 9.97. The van der Waals surface area contributed by atoms with Gasteiger partial charge in [0, 0.05) is 19.5 Å². The Morgan fingerprint density at radius 1 is 1.24 bits per heavy atom. The Morgan fingerprint density at radius 3 is 2.69 bits per heavy atom. The summed E-state index contributed by atoms with van der Waals surface area (Å²) in [6.45, 7) is 0.532. The van der Waals surface area contributed by atoms with Gasteiger partial charge in [-0.05, 0) is 49.4 Å². The lowest BCUT2D eigenvalue weighted by Gasteiger charge is -2.27. The van der Waals surface area contributed by atoms with E-state index >= 15 is 0 Å². The largest absolute Gasteiger partial charge is 0.496 e. The Labute approximate surface area is 169 Å². The molecule has 0 bridgehead atoms. The van der Waals surface area contributed by atoms with Crippen LogP contribution in [-0.2, 0) is 21.3 Å². The highest BCUT2D eigenvalue weighted by molar-refractivity contribution is 7.93. The topological polar surface area (TPSA) is 108 Å². The Kier molecular flexibility index (Phi) is 5.46. The average Bonchev–Trinajstić information content (AvgIpc) is 3.37. The van der Waals surface area contributed by atoms with Gasteiger partial charge in [0.25, 0.3) is 0 Å². The molecule has 0 atom stereocenters. The molecule has 0 amide bonds. The van der Waals surface area contributed by atoms with Crippen LogP contribution in [0.15, 0.2) is 35.1 Å². The van der Waals surface area contributed by atoms with Gasteiger partial charge < -0.3 is 14.0 Å². The van der Waals surface area contributed by atoms with E-state index in [2.05, 4.69) is 15.0 Å². The van der Waals surface area contributed by atoms with Crippen LogP contribution in [0.25, 0.3) is 11.0 Å². The predicted octanol–water partition coefficient (Wildman–Crippen LogP) is 2.78. The lowest BCUT2D eigenvalue weighted by Crippen LogP contribution is -2.33. The van der Waals surface area contributed by atoms with Crippen LogP contribution in [0.2, 0.25) is 0 Å². The zero-order valence-electron chi connectivity index (χ0n) is 16.4. The minimum atomic E-state index is -3.60. The molecule has 1 fully saturated rings. The van der Waals surface area contributed by atoms with Gasteiger partial charge >= 0.3 is 0 Å². The van der Waals surface area contributed by atoms with Crippen molar-refractivity contribution in [1.82, 2.24) is 14.9 Å². The third kappa shape index (κ3) is 4.08. The van der Waals surface area contributed by atoms with Crippen LogP contribution < -0.4 is 9.46 Å². The summed E-state index contributed by atoms with van der Waals surface area (Å²) in [7, 11) is -0.413. The Hall–Kier alpha value is -2.59. The number of ether oxygens (including phenoxy) is 2. The molecule has 1 saturated carbocycles. The molecule has 0 aliphatic heterocycles. The van der Waals surface area contributed by atoms with Crippen LogP contribution in [0.4, 0.5) is 5.82 Å². The zero-order valence-corrected chi connectivity index (χ0v) is 17.2. The molecule has 2 heterocycles. The average molecular weight is 420 g/mol. The van der Waals surface area contributed by atoms with Gasteiger partial charge in [-0.3, -0.25) is 9.40 Å². The molecule has 156 valence electrons. The molecule has 3 aromatic rings. The van der Waals surface area contributed by atoms with E-state index in [0.717, 1.165) is 18.4 Å². The summed E-state index contributed by atoms with van der Waals surface area (Å²) in [5.74, 6) is 0.642. The summed E-state index contributed by atoms with van der Waals surface area (Å²) in [4.78, 5) is 0. The Morgan fingerprint density at radius 2 is 2.03 bits per heavy atom. The summed E-state index contributed by atoms with van der Waals surface area (Å²) in [5.41, 5.74) is 1.36. The fraction of sp³-hybridized carbons (Fsp3) is 0.474. The molecule has 1 aliphatic carbocycles. The van der Waals surface area contributed by atoms with E-state index in [0.29, 0.717) is 36.1 Å². The van der Waals surface area contributed by atoms with E-state index in [1.165, 1.54) is 7.11 Å². The molecule has 1 N–H and O–H groups in total. The number of sulfonamides is 1. The highest BCUT2D eigenvalue weighted by atomic mass is 32.2. The van der Waals surface area contributed by atoms with Gasteiger partial charge in [-0.25, -0.2) is 8.42 Å². The first-order chi connectivity index (χ1) is 14.0. The Balaban J connectivity index is 1.59. The monoisotopic (exact) mass is 420 g/mol. The number of aromatic nitrogens is 3. The number of methoxy groups -OCH3 is 2. The molecular weight excluding hydrogens is 396 g/mol. The minimum absolute atomic E-state index is 0.127. The van der Waals surface area contributed by atoms with Gasteiger partial charge in [0.05, 0.1) is 25.0 Å². The van der Waals surface area contributed by atoms with E-state index < -0.39 is 15.3 Å². The minimum Gasteiger partial charge on any atom is -0.496 e. The molecule has 2 aromatic heterocycles. The highest BCUT2D eigenvalue weighted by Gasteiger charge is 2.32. The van der Waals surface area contributed by atoms with Crippen molar-refractivity contribution in [2.24, 2.45) is 0 Å². The third-order valence-electron chi connectivity index (χ3n) is 5.35. The number of anilines is 1. The van der Waals surface area contributed by atoms with Gasteiger partial charge in [-0.15, -0.1) is 0 Å². The number of hydrogen-bond donors (Lipinski definition) is 1. The van der Waals surface area contributed by atoms with Gasteiger partial charge in [0.15, 0.2) is 11.4 Å². The van der Waals surface area contributed by atoms with Crippen molar-refractivity contribution in [2.45, 2.75) is 43.6 Å². The number of hydrogen-bond acceptors (Lipinski definition) is 7. The Bertz CT molecular complexity index is 1070. The molecule has 4 rings (SSSR count). The number of benzene rings is 1.